The molecule has 6 heteroatoms. The molecule has 0 aliphatic carbocycles. The summed E-state index contributed by atoms with van der Waals surface area (Å²) in [4.78, 5) is 25.8. The van der Waals surface area contributed by atoms with Gasteiger partial charge in [0.25, 0.3) is 0 Å². The number of carboxylic acid groups (broad SMARTS) is 1. The zero-order valence-corrected chi connectivity index (χ0v) is 14.0. The van der Waals surface area contributed by atoms with E-state index in [2.05, 4.69) is 4.98 Å². The van der Waals surface area contributed by atoms with E-state index in [9.17, 15) is 19.4 Å². The summed E-state index contributed by atoms with van der Waals surface area (Å²) >= 11 is 0. The van der Waals surface area contributed by atoms with Gasteiger partial charge in [0.05, 0.1) is 6.16 Å². The Morgan fingerprint density at radius 1 is 1.12 bits per heavy atom. The number of aromatic amines is 1. The largest absolute Gasteiger partial charge is 0.480 e. The summed E-state index contributed by atoms with van der Waals surface area (Å²) in [6, 6.07) is 15.5. The number of benzene rings is 2. The molecular formula is C18H18NO4P. The van der Waals surface area contributed by atoms with E-state index < -0.39 is 18.5 Å². The first kappa shape index (κ1) is 16.5. The Labute approximate surface area is 139 Å². The van der Waals surface area contributed by atoms with Crippen molar-refractivity contribution < 1.29 is 19.4 Å². The van der Waals surface area contributed by atoms with E-state index in [-0.39, 0.29) is 6.16 Å². The molecule has 2 unspecified atom stereocenters. The van der Waals surface area contributed by atoms with Gasteiger partial charge in [0.2, 0.25) is 7.37 Å². The molecule has 3 N–H and O–H groups in total. The van der Waals surface area contributed by atoms with Gasteiger partial charge in [-0.15, -0.1) is 0 Å². The van der Waals surface area contributed by atoms with Crippen molar-refractivity contribution in [3.8, 4) is 0 Å². The molecule has 24 heavy (non-hydrogen) atoms. The molecular weight excluding hydrogens is 325 g/mol. The number of aromatic nitrogens is 1. The van der Waals surface area contributed by atoms with E-state index in [1.165, 1.54) is 6.92 Å². The Morgan fingerprint density at radius 2 is 1.83 bits per heavy atom. The van der Waals surface area contributed by atoms with Gasteiger partial charge in [-0.25, -0.2) is 0 Å². The van der Waals surface area contributed by atoms with Gasteiger partial charge in [-0.1, -0.05) is 42.5 Å². The van der Waals surface area contributed by atoms with Crippen LogP contribution in [-0.4, -0.2) is 21.0 Å². The van der Waals surface area contributed by atoms with Crippen LogP contribution in [-0.2, 0) is 20.7 Å². The average Bonchev–Trinajstić information content (AvgIpc) is 3.04. The zero-order chi connectivity index (χ0) is 17.4. The molecule has 5 nitrogen and oxygen atoms in total. The number of carbonyl (C=O) groups is 1. The Bertz CT molecular complexity index is 934. The topological polar surface area (TPSA) is 90.4 Å². The number of H-pyrrole nitrogens is 1. The molecule has 3 aromatic rings. The summed E-state index contributed by atoms with van der Waals surface area (Å²) < 4.78 is 13.2. The number of hydrogen-bond acceptors (Lipinski definition) is 2. The lowest BCUT2D eigenvalue weighted by molar-refractivity contribution is -0.140. The number of aliphatic carboxylic acids is 1. The number of carboxylic acids is 1. The monoisotopic (exact) mass is 343 g/mol. The van der Waals surface area contributed by atoms with Crippen LogP contribution in [0.25, 0.3) is 10.9 Å². The molecule has 0 radical (unpaired) electrons. The minimum absolute atomic E-state index is 0.208. The van der Waals surface area contributed by atoms with Crippen LogP contribution in [0, 0.1) is 0 Å². The van der Waals surface area contributed by atoms with E-state index in [1.807, 2.05) is 12.1 Å². The molecule has 0 fully saturated rings. The number of rotatable bonds is 5. The summed E-state index contributed by atoms with van der Waals surface area (Å²) in [5.74, 6) is -1.30. The highest BCUT2D eigenvalue weighted by atomic mass is 31.2. The smallest absolute Gasteiger partial charge is 0.323 e. The van der Waals surface area contributed by atoms with Gasteiger partial charge in [-0.2, -0.15) is 0 Å². The lowest BCUT2D eigenvalue weighted by Crippen LogP contribution is -2.33. The predicted octanol–water partition coefficient (Wildman–Crippen LogP) is 3.94. The summed E-state index contributed by atoms with van der Waals surface area (Å²) in [5.41, 5.74) is 1.83. The van der Waals surface area contributed by atoms with Crippen molar-refractivity contribution in [3.05, 3.63) is 71.9 Å². The molecule has 0 aliphatic heterocycles. The normalized spacial score (nSPS) is 16.4. The minimum Gasteiger partial charge on any atom is -0.480 e. The van der Waals surface area contributed by atoms with Crippen molar-refractivity contribution in [2.45, 2.75) is 18.2 Å². The van der Waals surface area contributed by atoms with E-state index in [0.29, 0.717) is 11.1 Å². The Kier molecular flexibility index (Phi) is 4.08. The molecule has 124 valence electrons. The highest BCUT2D eigenvalue weighted by Crippen LogP contribution is 2.62. The standard InChI is InChI=1S/C18H18NO4P/c1-18(17(20)21,14-7-3-2-4-8-14)24(22,23)12-13-6-5-9-16-15(13)10-11-19-16/h2-11,19H,12H2,1H3,(H,20,21)(H,22,23). The SMILES string of the molecule is CC(C(=O)O)(c1ccccc1)P(=O)(O)Cc1cccc2[nH]ccc12. The van der Waals surface area contributed by atoms with Crippen molar-refractivity contribution in [2.75, 3.05) is 0 Å². The van der Waals surface area contributed by atoms with E-state index in [4.69, 9.17) is 0 Å². The fourth-order valence-electron chi connectivity index (χ4n) is 2.91. The third-order valence-corrected chi connectivity index (χ3v) is 7.14. The maximum Gasteiger partial charge on any atom is 0.323 e. The summed E-state index contributed by atoms with van der Waals surface area (Å²) in [6.07, 6.45) is 1.55. The first-order valence-corrected chi connectivity index (χ1v) is 9.36. The molecule has 0 amide bonds. The second-order valence-corrected chi connectivity index (χ2v) is 8.57. The van der Waals surface area contributed by atoms with E-state index in [1.54, 1.807) is 48.7 Å². The van der Waals surface area contributed by atoms with Crippen LogP contribution >= 0.6 is 7.37 Å². The first-order chi connectivity index (χ1) is 11.4. The predicted molar refractivity (Wildman–Crippen MR) is 93.3 cm³/mol. The summed E-state index contributed by atoms with van der Waals surface area (Å²) in [7, 11) is -4.11. The molecule has 0 aliphatic rings. The van der Waals surface area contributed by atoms with Gasteiger partial charge < -0.3 is 15.0 Å². The molecule has 2 aromatic carbocycles. The third-order valence-electron chi connectivity index (χ3n) is 4.52. The quantitative estimate of drug-likeness (QED) is 0.612. The van der Waals surface area contributed by atoms with Gasteiger partial charge >= 0.3 is 5.97 Å². The molecule has 0 saturated heterocycles. The van der Waals surface area contributed by atoms with Gasteiger partial charge in [0.15, 0.2) is 5.16 Å². The molecule has 2 atom stereocenters. The fraction of sp³-hybridized carbons (Fsp3) is 0.167. The molecule has 1 aromatic heterocycles. The minimum atomic E-state index is -4.11. The molecule has 0 saturated carbocycles. The number of fused-ring (bicyclic) bond motifs is 1. The van der Waals surface area contributed by atoms with E-state index >= 15 is 0 Å². The summed E-state index contributed by atoms with van der Waals surface area (Å²) in [5, 5.41) is 8.69. The number of hydrogen-bond donors (Lipinski definition) is 3. The van der Waals surface area contributed by atoms with Gasteiger partial charge in [-0.05, 0) is 30.2 Å². The van der Waals surface area contributed by atoms with Crippen molar-refractivity contribution >= 4 is 24.2 Å². The maximum atomic E-state index is 13.2. The molecule has 0 spiro atoms. The van der Waals surface area contributed by atoms with Crippen molar-refractivity contribution in [2.24, 2.45) is 0 Å². The van der Waals surface area contributed by atoms with Crippen LogP contribution in [0.15, 0.2) is 60.8 Å². The van der Waals surface area contributed by atoms with Crippen LogP contribution in [0.5, 0.6) is 0 Å². The Morgan fingerprint density at radius 3 is 2.50 bits per heavy atom. The van der Waals surface area contributed by atoms with Gasteiger partial charge in [-0.3, -0.25) is 9.36 Å². The Balaban J connectivity index is 2.09. The van der Waals surface area contributed by atoms with Crippen molar-refractivity contribution in [1.29, 1.82) is 0 Å². The van der Waals surface area contributed by atoms with Gasteiger partial charge in [0.1, 0.15) is 0 Å². The average molecular weight is 343 g/mol. The van der Waals surface area contributed by atoms with E-state index in [0.717, 1.165) is 10.9 Å². The van der Waals surface area contributed by atoms with Crippen LogP contribution in [0.3, 0.4) is 0 Å². The van der Waals surface area contributed by atoms with Crippen LogP contribution < -0.4 is 0 Å². The zero-order valence-electron chi connectivity index (χ0n) is 13.1. The molecule has 3 rings (SSSR count). The van der Waals surface area contributed by atoms with Crippen LogP contribution in [0.4, 0.5) is 0 Å². The van der Waals surface area contributed by atoms with Crippen LogP contribution in [0.2, 0.25) is 0 Å². The first-order valence-electron chi connectivity index (χ1n) is 7.52. The Hall–Kier alpha value is -2.36. The lowest BCUT2D eigenvalue weighted by Gasteiger charge is -2.30. The van der Waals surface area contributed by atoms with Crippen molar-refractivity contribution in [1.82, 2.24) is 4.98 Å². The summed E-state index contributed by atoms with van der Waals surface area (Å²) in [6.45, 7) is 1.32. The highest BCUT2D eigenvalue weighted by molar-refractivity contribution is 7.59. The number of nitrogens with one attached hydrogen (secondary N) is 1. The van der Waals surface area contributed by atoms with Crippen molar-refractivity contribution in [3.63, 3.8) is 0 Å². The fourth-order valence-corrected chi connectivity index (χ4v) is 4.82. The van der Waals surface area contributed by atoms with Gasteiger partial charge in [0, 0.05) is 17.1 Å². The highest BCUT2D eigenvalue weighted by Gasteiger charge is 2.51. The molecule has 1 heterocycles. The third kappa shape index (κ3) is 2.56. The lowest BCUT2D eigenvalue weighted by atomic mass is 10.0. The second-order valence-electron chi connectivity index (χ2n) is 5.96. The van der Waals surface area contributed by atoms with Crippen LogP contribution in [0.1, 0.15) is 18.1 Å². The second kappa shape index (κ2) is 5.93. The molecule has 0 bridgehead atoms. The maximum absolute atomic E-state index is 13.2.